The Morgan fingerprint density at radius 1 is 1.06 bits per heavy atom. The Labute approximate surface area is 205 Å². The van der Waals surface area contributed by atoms with Crippen molar-refractivity contribution in [2.75, 3.05) is 13.2 Å². The van der Waals surface area contributed by atoms with Crippen LogP contribution in [0.1, 0.15) is 51.9 Å². The lowest BCUT2D eigenvalue weighted by Crippen LogP contribution is -2.41. The number of benzene rings is 2. The van der Waals surface area contributed by atoms with Crippen LogP contribution in [0.2, 0.25) is 0 Å². The number of carboxylic acids is 1. The van der Waals surface area contributed by atoms with E-state index in [1.54, 1.807) is 6.92 Å². The van der Waals surface area contributed by atoms with Crippen LogP contribution in [0.4, 0.5) is 4.79 Å². The quantitative estimate of drug-likeness (QED) is 0.357. The number of ether oxygens (including phenoxy) is 1. The number of alkyl carbamates (subject to hydrolysis) is 1. The van der Waals surface area contributed by atoms with E-state index >= 15 is 0 Å². The maximum atomic E-state index is 12.5. The summed E-state index contributed by atoms with van der Waals surface area (Å²) in [6.45, 7) is 1.52. The van der Waals surface area contributed by atoms with Crippen LogP contribution in [0.25, 0.3) is 11.1 Å². The normalized spacial score (nSPS) is 13.9. The second-order valence-corrected chi connectivity index (χ2v) is 9.03. The fourth-order valence-electron chi connectivity index (χ4n) is 4.09. The summed E-state index contributed by atoms with van der Waals surface area (Å²) in [4.78, 5) is 40.2. The number of thiazole rings is 1. The van der Waals surface area contributed by atoms with Crippen LogP contribution in [-0.4, -0.2) is 52.4 Å². The minimum absolute atomic E-state index is 0.0374. The van der Waals surface area contributed by atoms with Crippen molar-refractivity contribution in [3.8, 4) is 11.1 Å². The molecule has 10 heteroatoms. The van der Waals surface area contributed by atoms with Crippen molar-refractivity contribution in [1.29, 1.82) is 0 Å². The number of fused-ring (bicyclic) bond motifs is 3. The number of aliphatic carboxylic acids is 1. The van der Waals surface area contributed by atoms with Crippen molar-refractivity contribution >= 4 is 29.3 Å². The van der Waals surface area contributed by atoms with Crippen molar-refractivity contribution in [2.45, 2.75) is 31.3 Å². The number of aliphatic hydroxyl groups excluding tert-OH is 1. The van der Waals surface area contributed by atoms with Gasteiger partial charge in [0.25, 0.3) is 5.91 Å². The van der Waals surface area contributed by atoms with Crippen LogP contribution in [0.3, 0.4) is 0 Å². The molecule has 0 saturated heterocycles. The highest BCUT2D eigenvalue weighted by Gasteiger charge is 2.29. The molecule has 1 aromatic heterocycles. The lowest BCUT2D eigenvalue weighted by Gasteiger charge is -2.16. The molecule has 0 aliphatic heterocycles. The van der Waals surface area contributed by atoms with E-state index in [0.717, 1.165) is 33.6 Å². The maximum Gasteiger partial charge on any atom is 0.407 e. The molecule has 0 fully saturated rings. The molecule has 2 atom stereocenters. The molecule has 35 heavy (non-hydrogen) atoms. The van der Waals surface area contributed by atoms with Gasteiger partial charge in [-0.2, -0.15) is 0 Å². The fourth-order valence-corrected chi connectivity index (χ4v) is 4.89. The highest BCUT2D eigenvalue weighted by atomic mass is 32.1. The van der Waals surface area contributed by atoms with Gasteiger partial charge in [0.1, 0.15) is 23.4 Å². The number of carbonyl (C=O) groups excluding carboxylic acids is 2. The first kappa shape index (κ1) is 24.4. The lowest BCUT2D eigenvalue weighted by molar-refractivity contribution is -0.139. The summed E-state index contributed by atoms with van der Waals surface area (Å²) in [6, 6.07) is 14.4. The van der Waals surface area contributed by atoms with E-state index in [-0.39, 0.29) is 31.2 Å². The van der Waals surface area contributed by atoms with Gasteiger partial charge in [0.15, 0.2) is 0 Å². The van der Waals surface area contributed by atoms with Gasteiger partial charge in [-0.25, -0.2) is 14.6 Å². The average molecular weight is 496 g/mol. The van der Waals surface area contributed by atoms with Crippen LogP contribution in [-0.2, 0) is 9.53 Å². The lowest BCUT2D eigenvalue weighted by atomic mass is 9.98. The second kappa shape index (κ2) is 10.7. The number of nitrogens with zero attached hydrogens (tertiary/aromatic N) is 1. The number of aliphatic hydroxyl groups is 1. The smallest absolute Gasteiger partial charge is 0.407 e. The number of hydrogen-bond donors (Lipinski definition) is 4. The van der Waals surface area contributed by atoms with Crippen molar-refractivity contribution in [1.82, 2.24) is 15.6 Å². The predicted molar refractivity (Wildman–Crippen MR) is 129 cm³/mol. The molecule has 182 valence electrons. The Hall–Kier alpha value is -3.76. The molecule has 2 amide bonds. The molecule has 3 aromatic rings. The Bertz CT molecular complexity index is 1200. The summed E-state index contributed by atoms with van der Waals surface area (Å²) in [5, 5.41) is 25.1. The SMILES string of the molecule is CC(NC(=O)OCC1c2ccccc2-c2ccccc21)c1nc(C(=O)NC(CCO)C(=O)O)cs1. The number of nitrogens with one attached hydrogen (secondary N) is 2. The molecule has 1 aliphatic rings. The van der Waals surface area contributed by atoms with Crippen molar-refractivity contribution in [3.05, 3.63) is 75.7 Å². The fraction of sp³-hybridized carbons (Fsp3) is 0.280. The van der Waals surface area contributed by atoms with Crippen LogP contribution in [0.15, 0.2) is 53.9 Å². The molecule has 0 saturated carbocycles. The first-order valence-electron chi connectivity index (χ1n) is 11.1. The number of carbonyl (C=O) groups is 3. The van der Waals surface area contributed by atoms with Gasteiger partial charge in [-0.15, -0.1) is 11.3 Å². The topological polar surface area (TPSA) is 138 Å². The number of aromatic nitrogens is 1. The van der Waals surface area contributed by atoms with E-state index in [1.807, 2.05) is 36.4 Å². The van der Waals surface area contributed by atoms with Gasteiger partial charge in [0.05, 0.1) is 6.04 Å². The monoisotopic (exact) mass is 495 g/mol. The van der Waals surface area contributed by atoms with Crippen molar-refractivity contribution in [2.24, 2.45) is 0 Å². The van der Waals surface area contributed by atoms with Crippen LogP contribution in [0.5, 0.6) is 0 Å². The molecule has 1 heterocycles. The van der Waals surface area contributed by atoms with Crippen LogP contribution < -0.4 is 10.6 Å². The first-order chi connectivity index (χ1) is 16.9. The molecule has 2 unspecified atom stereocenters. The molecular formula is C25H25N3O6S. The van der Waals surface area contributed by atoms with Gasteiger partial charge in [-0.3, -0.25) is 4.79 Å². The van der Waals surface area contributed by atoms with Gasteiger partial charge in [0.2, 0.25) is 0 Å². The molecule has 0 bridgehead atoms. The summed E-state index contributed by atoms with van der Waals surface area (Å²) in [5.41, 5.74) is 4.55. The molecule has 4 N–H and O–H groups in total. The predicted octanol–water partition coefficient (Wildman–Crippen LogP) is 3.31. The summed E-state index contributed by atoms with van der Waals surface area (Å²) >= 11 is 1.16. The molecule has 4 rings (SSSR count). The Kier molecular flexibility index (Phi) is 7.42. The first-order valence-corrected chi connectivity index (χ1v) is 12.0. The van der Waals surface area contributed by atoms with E-state index < -0.39 is 30.1 Å². The number of carboxylic acid groups (broad SMARTS) is 1. The zero-order chi connectivity index (χ0) is 24.9. The molecule has 2 aromatic carbocycles. The van der Waals surface area contributed by atoms with Gasteiger partial charge >= 0.3 is 12.1 Å². The molecule has 9 nitrogen and oxygen atoms in total. The minimum atomic E-state index is -1.24. The zero-order valence-corrected chi connectivity index (χ0v) is 19.7. The zero-order valence-electron chi connectivity index (χ0n) is 18.9. The molecule has 0 spiro atoms. The van der Waals surface area contributed by atoms with E-state index in [0.29, 0.717) is 5.01 Å². The van der Waals surface area contributed by atoms with Crippen molar-refractivity contribution < 1.29 is 29.3 Å². The van der Waals surface area contributed by atoms with E-state index in [1.165, 1.54) is 5.38 Å². The summed E-state index contributed by atoms with van der Waals surface area (Å²) in [5.74, 6) is -1.96. The van der Waals surface area contributed by atoms with E-state index in [2.05, 4.69) is 27.8 Å². The molecule has 1 aliphatic carbocycles. The van der Waals surface area contributed by atoms with Gasteiger partial charge in [0, 0.05) is 24.3 Å². The van der Waals surface area contributed by atoms with Gasteiger partial charge in [-0.1, -0.05) is 48.5 Å². The number of amides is 2. The highest BCUT2D eigenvalue weighted by Crippen LogP contribution is 2.44. The Morgan fingerprint density at radius 2 is 1.69 bits per heavy atom. The minimum Gasteiger partial charge on any atom is -0.480 e. The standard InChI is InChI=1S/C25H25N3O6S/c1-14(23-28-21(13-35-23)22(30)27-20(10-11-29)24(31)32)26-25(33)34-12-19-17-8-4-2-6-15(17)16-7-3-5-9-18(16)19/h2-9,13-14,19-20,29H,10-12H2,1H3,(H,26,33)(H,27,30)(H,31,32). The number of rotatable bonds is 9. The highest BCUT2D eigenvalue weighted by molar-refractivity contribution is 7.09. The van der Waals surface area contributed by atoms with E-state index in [4.69, 9.17) is 14.9 Å². The third-order valence-corrected chi connectivity index (χ3v) is 6.85. The largest absolute Gasteiger partial charge is 0.480 e. The third-order valence-electron chi connectivity index (χ3n) is 5.82. The van der Waals surface area contributed by atoms with Crippen LogP contribution in [0, 0.1) is 0 Å². The van der Waals surface area contributed by atoms with Crippen molar-refractivity contribution in [3.63, 3.8) is 0 Å². The molecular weight excluding hydrogens is 470 g/mol. The van der Waals surface area contributed by atoms with Gasteiger partial charge in [-0.05, 0) is 29.2 Å². The molecule has 0 radical (unpaired) electrons. The summed E-state index contributed by atoms with van der Waals surface area (Å²) in [6.07, 6.45) is -0.716. The second-order valence-electron chi connectivity index (χ2n) is 8.14. The van der Waals surface area contributed by atoms with Crippen LogP contribution >= 0.6 is 11.3 Å². The summed E-state index contributed by atoms with van der Waals surface area (Å²) in [7, 11) is 0. The maximum absolute atomic E-state index is 12.5. The Balaban J connectivity index is 1.35. The van der Waals surface area contributed by atoms with E-state index in [9.17, 15) is 14.4 Å². The van der Waals surface area contributed by atoms with Gasteiger partial charge < -0.3 is 25.6 Å². The number of hydrogen-bond acceptors (Lipinski definition) is 7. The summed E-state index contributed by atoms with van der Waals surface area (Å²) < 4.78 is 5.55. The Morgan fingerprint density at radius 3 is 2.29 bits per heavy atom. The third kappa shape index (κ3) is 5.33. The average Bonchev–Trinajstić information content (AvgIpc) is 3.46.